The van der Waals surface area contributed by atoms with Crippen molar-refractivity contribution in [1.82, 2.24) is 14.7 Å². The predicted molar refractivity (Wildman–Crippen MR) is 97.1 cm³/mol. The number of aliphatic hydroxyl groups is 2. The molecule has 0 radical (unpaired) electrons. The highest BCUT2D eigenvalue weighted by Gasteiger charge is 2.14. The molecule has 2 heterocycles. The third-order valence-corrected chi connectivity index (χ3v) is 3.94. The van der Waals surface area contributed by atoms with Crippen LogP contribution in [0.2, 0.25) is 0 Å². The number of unbranched alkanes of at least 4 members (excludes halogenated alkanes) is 1. The van der Waals surface area contributed by atoms with Gasteiger partial charge < -0.3 is 19.3 Å². The molecule has 0 aliphatic heterocycles. The van der Waals surface area contributed by atoms with E-state index in [1.54, 1.807) is 42.1 Å². The van der Waals surface area contributed by atoms with Crippen LogP contribution in [-0.2, 0) is 6.54 Å². The molecule has 1 aromatic carbocycles. The van der Waals surface area contributed by atoms with Crippen molar-refractivity contribution in [1.29, 1.82) is 0 Å². The van der Waals surface area contributed by atoms with Gasteiger partial charge in [-0.3, -0.25) is 0 Å². The van der Waals surface area contributed by atoms with Crippen LogP contribution in [0.4, 0.5) is 4.39 Å². The van der Waals surface area contributed by atoms with E-state index in [0.29, 0.717) is 47.8 Å². The van der Waals surface area contributed by atoms with Gasteiger partial charge >= 0.3 is 0 Å². The van der Waals surface area contributed by atoms with E-state index in [-0.39, 0.29) is 6.61 Å². The Hall–Kier alpha value is -2.95. The van der Waals surface area contributed by atoms with Crippen LogP contribution in [0.3, 0.4) is 0 Å². The van der Waals surface area contributed by atoms with Gasteiger partial charge in [0.15, 0.2) is 5.76 Å². The Morgan fingerprint density at radius 1 is 1.33 bits per heavy atom. The van der Waals surface area contributed by atoms with Crippen LogP contribution < -0.4 is 0 Å². The molecule has 2 aromatic heterocycles. The summed E-state index contributed by atoms with van der Waals surface area (Å²) in [5.41, 5.74) is 1.46. The summed E-state index contributed by atoms with van der Waals surface area (Å²) < 4.78 is 21.5. The molecule has 0 aliphatic rings. The van der Waals surface area contributed by atoms with Gasteiger partial charge in [0.2, 0.25) is 0 Å². The number of aromatic nitrogens is 3. The maximum absolute atomic E-state index is 14.4. The SMILES string of the molecule is C[C@H](O)c1nccn1Cc1cc(-c2ccc(C#CCCCO)cc2F)on1. The van der Waals surface area contributed by atoms with E-state index in [1.807, 2.05) is 0 Å². The zero-order chi connectivity index (χ0) is 19.2. The fraction of sp³-hybridized carbons (Fsp3) is 0.300. The maximum Gasteiger partial charge on any atom is 0.170 e. The average molecular weight is 369 g/mol. The lowest BCUT2D eigenvalue weighted by Gasteiger charge is -2.07. The zero-order valence-electron chi connectivity index (χ0n) is 14.9. The molecule has 0 bridgehead atoms. The summed E-state index contributed by atoms with van der Waals surface area (Å²) in [6, 6.07) is 6.34. The molecule has 0 fully saturated rings. The summed E-state index contributed by atoms with van der Waals surface area (Å²) in [7, 11) is 0. The topological polar surface area (TPSA) is 84.3 Å². The van der Waals surface area contributed by atoms with Crippen LogP contribution >= 0.6 is 0 Å². The lowest BCUT2D eigenvalue weighted by molar-refractivity contribution is 0.184. The standard InChI is InChI=1S/C20H20FN3O3/c1-14(26)20-22-8-9-24(20)13-16-12-19(27-23-16)17-7-6-15(11-18(17)21)5-3-2-4-10-25/h6-9,11-12,14,25-26H,2,4,10,13H2,1H3/t14-/m0/s1. The molecule has 7 heteroatoms. The van der Waals surface area contributed by atoms with Gasteiger partial charge in [0, 0.05) is 37.1 Å². The molecule has 2 N–H and O–H groups in total. The van der Waals surface area contributed by atoms with Crippen molar-refractivity contribution in [2.24, 2.45) is 0 Å². The molecule has 0 saturated carbocycles. The largest absolute Gasteiger partial charge is 0.396 e. The normalized spacial score (nSPS) is 11.9. The Kier molecular flexibility index (Phi) is 6.01. The summed E-state index contributed by atoms with van der Waals surface area (Å²) in [6.45, 7) is 2.09. The van der Waals surface area contributed by atoms with Crippen LogP contribution in [-0.4, -0.2) is 31.5 Å². The van der Waals surface area contributed by atoms with Crippen LogP contribution in [0.25, 0.3) is 11.3 Å². The van der Waals surface area contributed by atoms with Crippen molar-refractivity contribution in [2.45, 2.75) is 32.4 Å². The second-order valence-electron chi connectivity index (χ2n) is 6.10. The quantitative estimate of drug-likeness (QED) is 0.516. The highest BCUT2D eigenvalue weighted by Crippen LogP contribution is 2.25. The minimum absolute atomic E-state index is 0.0909. The number of imidazole rings is 1. The van der Waals surface area contributed by atoms with E-state index in [1.165, 1.54) is 6.07 Å². The molecule has 1 atom stereocenters. The molecule has 6 nitrogen and oxygen atoms in total. The third kappa shape index (κ3) is 4.61. The number of benzene rings is 1. The summed E-state index contributed by atoms with van der Waals surface area (Å²) in [5.74, 6) is 6.16. The van der Waals surface area contributed by atoms with Crippen molar-refractivity contribution in [3.05, 3.63) is 59.6 Å². The molecular formula is C20H20FN3O3. The minimum atomic E-state index is -0.699. The molecule has 140 valence electrons. The van der Waals surface area contributed by atoms with Crippen molar-refractivity contribution in [2.75, 3.05) is 6.61 Å². The second kappa shape index (κ2) is 8.62. The molecule has 3 rings (SSSR count). The first-order valence-corrected chi connectivity index (χ1v) is 8.63. The summed E-state index contributed by atoms with van der Waals surface area (Å²) >= 11 is 0. The van der Waals surface area contributed by atoms with E-state index in [9.17, 15) is 9.50 Å². The van der Waals surface area contributed by atoms with Gasteiger partial charge in [0.05, 0.1) is 12.1 Å². The van der Waals surface area contributed by atoms with Gasteiger partial charge in [-0.05, 0) is 31.5 Å². The summed E-state index contributed by atoms with van der Waals surface area (Å²) in [5, 5.41) is 22.4. The van der Waals surface area contributed by atoms with Crippen LogP contribution in [0.1, 0.15) is 43.0 Å². The first-order chi connectivity index (χ1) is 13.1. The molecule has 0 saturated heterocycles. The lowest BCUT2D eigenvalue weighted by Crippen LogP contribution is -2.07. The van der Waals surface area contributed by atoms with Gasteiger partial charge in [0.25, 0.3) is 0 Å². The second-order valence-corrected chi connectivity index (χ2v) is 6.10. The number of hydrogen-bond donors (Lipinski definition) is 2. The molecule has 27 heavy (non-hydrogen) atoms. The average Bonchev–Trinajstić information content (AvgIpc) is 3.29. The highest BCUT2D eigenvalue weighted by molar-refractivity contribution is 5.60. The van der Waals surface area contributed by atoms with Gasteiger partial charge in [-0.25, -0.2) is 9.37 Å². The monoisotopic (exact) mass is 369 g/mol. The fourth-order valence-electron chi connectivity index (χ4n) is 2.63. The number of aliphatic hydroxyl groups excluding tert-OH is 2. The number of nitrogens with zero attached hydrogens (tertiary/aromatic N) is 3. The van der Waals surface area contributed by atoms with E-state index in [0.717, 1.165) is 0 Å². The summed E-state index contributed by atoms with van der Waals surface area (Å²) in [4.78, 5) is 4.10. The first kappa shape index (κ1) is 18.8. The fourth-order valence-corrected chi connectivity index (χ4v) is 2.63. The number of hydrogen-bond acceptors (Lipinski definition) is 5. The number of rotatable bonds is 6. The van der Waals surface area contributed by atoms with E-state index in [2.05, 4.69) is 22.0 Å². The molecule has 0 unspecified atom stereocenters. The van der Waals surface area contributed by atoms with Crippen molar-refractivity contribution in [3.63, 3.8) is 0 Å². The lowest BCUT2D eigenvalue weighted by atomic mass is 10.1. The van der Waals surface area contributed by atoms with E-state index in [4.69, 9.17) is 9.63 Å². The molecule has 0 amide bonds. The Bertz CT molecular complexity index is 966. The third-order valence-electron chi connectivity index (χ3n) is 3.94. The molecule has 3 aromatic rings. The Labute approximate surface area is 156 Å². The maximum atomic E-state index is 14.4. The molecule has 0 aliphatic carbocycles. The van der Waals surface area contributed by atoms with Crippen molar-refractivity contribution < 1.29 is 19.1 Å². The van der Waals surface area contributed by atoms with Gasteiger partial charge in [-0.1, -0.05) is 17.0 Å². The van der Waals surface area contributed by atoms with Crippen LogP contribution in [0, 0.1) is 17.7 Å². The smallest absolute Gasteiger partial charge is 0.170 e. The van der Waals surface area contributed by atoms with E-state index < -0.39 is 11.9 Å². The highest BCUT2D eigenvalue weighted by atomic mass is 19.1. The Balaban J connectivity index is 1.75. The summed E-state index contributed by atoms with van der Waals surface area (Å²) in [6.07, 6.45) is 3.80. The predicted octanol–water partition coefficient (Wildman–Crippen LogP) is 2.90. The zero-order valence-corrected chi connectivity index (χ0v) is 14.9. The Morgan fingerprint density at radius 3 is 2.93 bits per heavy atom. The van der Waals surface area contributed by atoms with Gasteiger partial charge in [0.1, 0.15) is 23.4 Å². The molecule has 0 spiro atoms. The number of halogens is 1. The van der Waals surface area contributed by atoms with Gasteiger partial charge in [-0.15, -0.1) is 0 Å². The Morgan fingerprint density at radius 2 is 2.19 bits per heavy atom. The minimum Gasteiger partial charge on any atom is -0.396 e. The van der Waals surface area contributed by atoms with Crippen molar-refractivity contribution in [3.8, 4) is 23.2 Å². The first-order valence-electron chi connectivity index (χ1n) is 8.63. The van der Waals surface area contributed by atoms with Gasteiger partial charge in [-0.2, -0.15) is 0 Å². The van der Waals surface area contributed by atoms with Crippen molar-refractivity contribution >= 4 is 0 Å². The van der Waals surface area contributed by atoms with E-state index >= 15 is 0 Å². The van der Waals surface area contributed by atoms with Crippen LogP contribution in [0.5, 0.6) is 0 Å². The van der Waals surface area contributed by atoms with Crippen LogP contribution in [0.15, 0.2) is 41.2 Å². The molecular weight excluding hydrogens is 349 g/mol.